The predicted octanol–water partition coefficient (Wildman–Crippen LogP) is 7.08. The second-order valence-electron chi connectivity index (χ2n) is 7.84. The summed E-state index contributed by atoms with van der Waals surface area (Å²) in [5.74, 6) is 0. The van der Waals surface area contributed by atoms with Crippen molar-refractivity contribution >= 4 is 5.71 Å². The number of benzene rings is 4. The molecule has 2 atom stereocenters. The van der Waals surface area contributed by atoms with Crippen molar-refractivity contribution in [1.82, 2.24) is 0 Å². The van der Waals surface area contributed by atoms with Gasteiger partial charge < -0.3 is 4.74 Å². The van der Waals surface area contributed by atoms with Crippen LogP contribution in [0.4, 0.5) is 0 Å². The van der Waals surface area contributed by atoms with Gasteiger partial charge in [-0.25, -0.2) is 0 Å². The molecule has 34 heavy (non-hydrogen) atoms. The Balaban J connectivity index is 1.90. The van der Waals surface area contributed by atoms with Crippen LogP contribution in [-0.4, -0.2) is 12.3 Å². The van der Waals surface area contributed by atoms with Gasteiger partial charge in [-0.05, 0) is 23.3 Å². The molecule has 0 spiro atoms. The predicted molar refractivity (Wildman–Crippen MR) is 138 cm³/mol. The second-order valence-corrected chi connectivity index (χ2v) is 7.84. The maximum atomic E-state index is 9.25. The Kier molecular flexibility index (Phi) is 7.79. The summed E-state index contributed by atoms with van der Waals surface area (Å²) in [5.41, 5.74) is 5.59. The second kappa shape index (κ2) is 11.6. The van der Waals surface area contributed by atoms with E-state index in [4.69, 9.17) is 9.73 Å². The molecule has 4 aromatic rings. The summed E-state index contributed by atoms with van der Waals surface area (Å²) < 4.78 is 6.33. The van der Waals surface area contributed by atoms with Gasteiger partial charge in [0.05, 0.1) is 24.0 Å². The highest BCUT2D eigenvalue weighted by Gasteiger charge is 2.26. The third kappa shape index (κ3) is 5.56. The molecule has 0 N–H and O–H groups in total. The molecule has 4 rings (SSSR count). The average Bonchev–Trinajstić information content (AvgIpc) is 2.92. The fourth-order valence-electron chi connectivity index (χ4n) is 3.90. The van der Waals surface area contributed by atoms with Crippen molar-refractivity contribution in [2.75, 3.05) is 6.61 Å². The quantitative estimate of drug-likeness (QED) is 0.205. The highest BCUT2D eigenvalue weighted by Crippen LogP contribution is 2.36. The first-order chi connectivity index (χ1) is 16.8. The van der Waals surface area contributed by atoms with Crippen LogP contribution >= 0.6 is 0 Å². The van der Waals surface area contributed by atoms with Gasteiger partial charge in [-0.3, -0.25) is 4.99 Å². The molecule has 0 aromatic heterocycles. The Bertz CT molecular complexity index is 1220. The minimum Gasteiger partial charge on any atom is -0.367 e. The molecule has 0 aliphatic rings. The normalized spacial score (nSPS) is 12.2. The molecule has 0 saturated carbocycles. The summed E-state index contributed by atoms with van der Waals surface area (Å²) in [6, 6.07) is 40.0. The molecule has 0 aliphatic heterocycles. The van der Waals surface area contributed by atoms with Crippen LogP contribution in [0.5, 0.6) is 0 Å². The van der Waals surface area contributed by atoms with E-state index in [1.165, 1.54) is 0 Å². The van der Waals surface area contributed by atoms with Gasteiger partial charge in [0.25, 0.3) is 0 Å². The fourth-order valence-corrected chi connectivity index (χ4v) is 3.90. The molecule has 0 fully saturated rings. The molecule has 0 heterocycles. The van der Waals surface area contributed by atoms with Crippen LogP contribution in [0.1, 0.15) is 40.0 Å². The van der Waals surface area contributed by atoms with E-state index in [1.54, 1.807) is 6.08 Å². The molecule has 0 amide bonds. The first kappa shape index (κ1) is 22.9. The molecule has 4 aromatic carbocycles. The van der Waals surface area contributed by atoms with Crippen molar-refractivity contribution in [2.45, 2.75) is 12.1 Å². The number of rotatable bonds is 9. The van der Waals surface area contributed by atoms with Crippen molar-refractivity contribution in [3.8, 4) is 6.07 Å². The zero-order valence-electron chi connectivity index (χ0n) is 18.9. The number of nitrogens with zero attached hydrogens (tertiary/aromatic N) is 2. The van der Waals surface area contributed by atoms with Crippen LogP contribution in [0.25, 0.3) is 0 Å². The van der Waals surface area contributed by atoms with Gasteiger partial charge in [0.2, 0.25) is 0 Å². The van der Waals surface area contributed by atoms with E-state index in [0.29, 0.717) is 12.2 Å². The van der Waals surface area contributed by atoms with Crippen molar-refractivity contribution in [2.24, 2.45) is 4.99 Å². The van der Waals surface area contributed by atoms with Crippen molar-refractivity contribution in [1.29, 1.82) is 5.26 Å². The molecule has 166 valence electrons. The van der Waals surface area contributed by atoms with Gasteiger partial charge in [0.1, 0.15) is 12.1 Å². The zero-order valence-corrected chi connectivity index (χ0v) is 18.9. The molecule has 3 nitrogen and oxygen atoms in total. The summed E-state index contributed by atoms with van der Waals surface area (Å²) in [4.78, 5) is 5.35. The van der Waals surface area contributed by atoms with E-state index in [0.717, 1.165) is 28.0 Å². The van der Waals surface area contributed by atoms with E-state index in [2.05, 4.69) is 49.0 Å². The van der Waals surface area contributed by atoms with Gasteiger partial charge in [0.15, 0.2) is 0 Å². The minimum atomic E-state index is -0.365. The lowest BCUT2D eigenvalue weighted by Gasteiger charge is -2.26. The van der Waals surface area contributed by atoms with Gasteiger partial charge in [-0.1, -0.05) is 109 Å². The lowest BCUT2D eigenvalue weighted by molar-refractivity contribution is 0.0543. The average molecular weight is 443 g/mol. The SMILES string of the molecule is C=CCOC(c1ccc(C#N)cc1)C(N=C(c1ccccc1)c1ccccc1)c1ccccc1. The lowest BCUT2D eigenvalue weighted by Crippen LogP contribution is -2.17. The highest BCUT2D eigenvalue weighted by atomic mass is 16.5. The first-order valence-electron chi connectivity index (χ1n) is 11.3. The standard InChI is InChI=1S/C31H26N2O/c1-2-22-34-31(28-20-18-24(23-32)19-21-28)30(27-16-10-5-11-17-27)33-29(25-12-6-3-7-13-25)26-14-8-4-9-15-26/h2-21,30-31H,1,22H2. The molecule has 0 aliphatic carbocycles. The number of hydrogen-bond donors (Lipinski definition) is 0. The molecule has 0 radical (unpaired) electrons. The van der Waals surface area contributed by atoms with E-state index in [-0.39, 0.29) is 12.1 Å². The third-order valence-electron chi connectivity index (χ3n) is 5.55. The Labute approximate surface area is 201 Å². The van der Waals surface area contributed by atoms with E-state index in [9.17, 15) is 5.26 Å². The van der Waals surface area contributed by atoms with Gasteiger partial charge >= 0.3 is 0 Å². The van der Waals surface area contributed by atoms with Gasteiger partial charge in [-0.15, -0.1) is 6.58 Å². The smallest absolute Gasteiger partial charge is 0.109 e. The zero-order chi connectivity index (χ0) is 23.6. The Hall–Kier alpha value is -4.26. The van der Waals surface area contributed by atoms with Gasteiger partial charge in [0, 0.05) is 11.1 Å². The molecular weight excluding hydrogens is 416 g/mol. The van der Waals surface area contributed by atoms with Crippen molar-refractivity contribution in [3.63, 3.8) is 0 Å². The summed E-state index contributed by atoms with van der Waals surface area (Å²) in [5, 5.41) is 9.25. The number of ether oxygens (including phenoxy) is 1. The van der Waals surface area contributed by atoms with Crippen molar-refractivity contribution < 1.29 is 4.74 Å². The maximum absolute atomic E-state index is 9.25. The number of aliphatic imine (C=N–C) groups is 1. The van der Waals surface area contributed by atoms with E-state index < -0.39 is 0 Å². The van der Waals surface area contributed by atoms with E-state index >= 15 is 0 Å². The summed E-state index contributed by atoms with van der Waals surface area (Å²) >= 11 is 0. The van der Waals surface area contributed by atoms with E-state index in [1.807, 2.05) is 78.9 Å². The van der Waals surface area contributed by atoms with Crippen LogP contribution in [-0.2, 0) is 4.74 Å². The number of hydrogen-bond acceptors (Lipinski definition) is 3. The summed E-state index contributed by atoms with van der Waals surface area (Å²) in [6.45, 7) is 4.22. The molecule has 2 unspecified atom stereocenters. The maximum Gasteiger partial charge on any atom is 0.109 e. The van der Waals surface area contributed by atoms with Crippen LogP contribution < -0.4 is 0 Å². The number of nitriles is 1. The minimum absolute atomic E-state index is 0.315. The largest absolute Gasteiger partial charge is 0.367 e. The van der Waals surface area contributed by atoms with Gasteiger partial charge in [-0.2, -0.15) is 5.26 Å². The Morgan fingerprint density at radius 3 is 1.79 bits per heavy atom. The van der Waals surface area contributed by atoms with Crippen LogP contribution in [0.15, 0.2) is 133 Å². The Morgan fingerprint density at radius 2 is 1.29 bits per heavy atom. The summed E-state index contributed by atoms with van der Waals surface area (Å²) in [7, 11) is 0. The third-order valence-corrected chi connectivity index (χ3v) is 5.55. The van der Waals surface area contributed by atoms with Crippen LogP contribution in [0.3, 0.4) is 0 Å². The first-order valence-corrected chi connectivity index (χ1v) is 11.3. The lowest BCUT2D eigenvalue weighted by atomic mass is 9.94. The monoisotopic (exact) mass is 442 g/mol. The molecule has 0 saturated heterocycles. The molecular formula is C31H26N2O. The molecule has 3 heteroatoms. The van der Waals surface area contributed by atoms with Crippen LogP contribution in [0, 0.1) is 11.3 Å². The highest BCUT2D eigenvalue weighted by molar-refractivity contribution is 6.13. The Morgan fingerprint density at radius 1 is 0.765 bits per heavy atom. The van der Waals surface area contributed by atoms with Crippen molar-refractivity contribution in [3.05, 3.63) is 156 Å². The summed E-state index contributed by atoms with van der Waals surface area (Å²) in [6.07, 6.45) is 1.38. The molecule has 0 bridgehead atoms. The fraction of sp³-hybridized carbons (Fsp3) is 0.0968. The topological polar surface area (TPSA) is 45.4 Å². The van der Waals surface area contributed by atoms with Crippen LogP contribution in [0.2, 0.25) is 0 Å².